The molecule has 10 heterocycles. The van der Waals surface area contributed by atoms with Crippen LogP contribution in [-0.4, -0.2) is 90.9 Å². The van der Waals surface area contributed by atoms with Crippen molar-refractivity contribution in [1.82, 2.24) is 29.9 Å². The molecule has 20 rings (SSSR count). The quantitative estimate of drug-likeness (QED) is 0.0595. The normalized spacial score (nSPS) is 14.0. The molecule has 0 fully saturated rings. The summed E-state index contributed by atoms with van der Waals surface area (Å²) in [6.45, 7) is 0. The summed E-state index contributed by atoms with van der Waals surface area (Å²) in [5.41, 5.74) is 3.60. The molecular formula is C94H52Cl3F14N11O15. The summed E-state index contributed by atoms with van der Waals surface area (Å²) in [7, 11) is 0. The Balaban J connectivity index is 0.000000124. The number of carbonyl (C=O) groups excluding carboxylic acids is 5. The topological polar surface area (TPSA) is 315 Å². The van der Waals surface area contributed by atoms with Gasteiger partial charge in [0.15, 0.2) is 63.3 Å². The SMILES string of the molecule is O=C(Nc1ccc(-c2cccc3c2OC(F)(F)O3)cn1)c1c(F)cccc1F.O=C(Nc1ccc(-c2cccc3c2OC(F)(F)O3)cn1)c1ccccc1Cl.O=C(Nc1ccc(-c2cccc3c2OC(F)(F)O3)cn1)c1ccccc1F.O=C(Nc1ccc(-c2cccc3c2OC(F)(F)O3)cn1)c1ccccc1F.O=C(Nc1cnc(-c2cc3c(cc2Cl)OC(F)(F)O3)cn1)c1ccccc1Cl. The summed E-state index contributed by atoms with van der Waals surface area (Å²) in [4.78, 5) is 85.3. The Labute approximate surface area is 775 Å². The highest BCUT2D eigenvalue weighted by atomic mass is 35.5. The first-order chi connectivity index (χ1) is 65.4. The first-order valence-corrected chi connectivity index (χ1v) is 40.4. The van der Waals surface area contributed by atoms with E-state index in [-0.39, 0.29) is 102 Å². The predicted octanol–water partition coefficient (Wildman–Crippen LogP) is 23.5. The molecule has 5 amide bonds. The lowest BCUT2D eigenvalue weighted by molar-refractivity contribution is -0.287. The number of pyridine rings is 4. The lowest BCUT2D eigenvalue weighted by Crippen LogP contribution is -2.26. The largest absolute Gasteiger partial charge is 0.586 e. The Bertz CT molecular complexity index is 6770. The van der Waals surface area contributed by atoms with E-state index in [9.17, 15) is 85.4 Å². The predicted molar refractivity (Wildman–Crippen MR) is 464 cm³/mol. The molecule has 0 saturated carbocycles. The number of hydrogen-bond acceptors (Lipinski definition) is 21. The van der Waals surface area contributed by atoms with Crippen LogP contribution in [0.5, 0.6) is 57.5 Å². The highest BCUT2D eigenvalue weighted by Crippen LogP contribution is 2.52. The van der Waals surface area contributed by atoms with Gasteiger partial charge in [0, 0.05) is 80.9 Å². The van der Waals surface area contributed by atoms with Crippen molar-refractivity contribution in [3.05, 3.63) is 352 Å². The second-order valence-electron chi connectivity index (χ2n) is 28.4. The summed E-state index contributed by atoms with van der Waals surface area (Å²) in [5.74, 6) is -6.64. The van der Waals surface area contributed by atoms with Crippen molar-refractivity contribution in [3.63, 3.8) is 0 Å². The van der Waals surface area contributed by atoms with Crippen LogP contribution in [0, 0.1) is 23.3 Å². The molecule has 5 N–H and O–H groups in total. The second kappa shape index (κ2) is 38.7. The molecule has 15 aromatic rings. The zero-order chi connectivity index (χ0) is 96.8. The monoisotopic (exact) mass is 1950 g/mol. The smallest absolute Gasteiger partial charge is 0.395 e. The molecule has 0 aliphatic carbocycles. The van der Waals surface area contributed by atoms with Gasteiger partial charge in [0.1, 0.15) is 52.1 Å². The van der Waals surface area contributed by atoms with Crippen molar-refractivity contribution in [3.8, 4) is 113 Å². The number of carbonyl (C=O) groups is 5. The second-order valence-corrected chi connectivity index (χ2v) is 29.7. The van der Waals surface area contributed by atoms with Crippen LogP contribution in [0.15, 0.2) is 286 Å². The first kappa shape index (κ1) is 93.4. The van der Waals surface area contributed by atoms with E-state index in [4.69, 9.17) is 34.8 Å². The van der Waals surface area contributed by atoms with E-state index in [1.54, 1.807) is 121 Å². The molecule has 26 nitrogen and oxygen atoms in total. The molecule has 5 aliphatic heterocycles. The van der Waals surface area contributed by atoms with Crippen LogP contribution < -0.4 is 74.0 Å². The van der Waals surface area contributed by atoms with Crippen molar-refractivity contribution in [2.75, 3.05) is 26.6 Å². The van der Waals surface area contributed by atoms with Crippen molar-refractivity contribution in [2.45, 2.75) is 31.5 Å². The minimum absolute atomic E-state index is 0.0199. The third-order valence-electron chi connectivity index (χ3n) is 19.3. The Morgan fingerprint density at radius 2 is 0.518 bits per heavy atom. The molecule has 43 heteroatoms. The van der Waals surface area contributed by atoms with E-state index in [0.29, 0.717) is 77.2 Å². The molecule has 0 bridgehead atoms. The van der Waals surface area contributed by atoms with Crippen molar-refractivity contribution in [1.29, 1.82) is 0 Å². The van der Waals surface area contributed by atoms with Gasteiger partial charge in [-0.25, -0.2) is 42.5 Å². The number of aromatic nitrogens is 6. The van der Waals surface area contributed by atoms with Gasteiger partial charge in [-0.05, 0) is 140 Å². The molecule has 5 aromatic heterocycles. The van der Waals surface area contributed by atoms with Gasteiger partial charge >= 0.3 is 31.5 Å². The van der Waals surface area contributed by atoms with Crippen LogP contribution in [0.25, 0.3) is 55.8 Å². The lowest BCUT2D eigenvalue weighted by atomic mass is 10.1. The van der Waals surface area contributed by atoms with Gasteiger partial charge in [0.25, 0.3) is 29.5 Å². The van der Waals surface area contributed by atoms with Crippen LogP contribution in [-0.2, 0) is 0 Å². The molecule has 137 heavy (non-hydrogen) atoms. The van der Waals surface area contributed by atoms with Gasteiger partial charge in [0.05, 0.1) is 55.4 Å². The fourth-order valence-corrected chi connectivity index (χ4v) is 13.9. The number of fused-ring (bicyclic) bond motifs is 5. The number of para-hydroxylation sites is 4. The number of nitrogens with zero attached hydrogens (tertiary/aromatic N) is 6. The average Bonchev–Trinajstić information content (AvgIpc) is 1.66. The fourth-order valence-electron chi connectivity index (χ4n) is 13.2. The Morgan fingerprint density at radius 1 is 0.241 bits per heavy atom. The molecule has 0 unspecified atom stereocenters. The molecule has 692 valence electrons. The number of halogens is 17. The van der Waals surface area contributed by atoms with E-state index < -0.39 is 89.8 Å². The minimum atomic E-state index is -3.76. The number of alkyl halides is 10. The molecule has 0 atom stereocenters. The molecule has 0 radical (unpaired) electrons. The van der Waals surface area contributed by atoms with Crippen molar-refractivity contribution in [2.24, 2.45) is 0 Å². The molecular weight excluding hydrogens is 1900 g/mol. The highest BCUT2D eigenvalue weighted by Gasteiger charge is 2.49. The van der Waals surface area contributed by atoms with Crippen molar-refractivity contribution >= 4 is 93.4 Å². The van der Waals surface area contributed by atoms with E-state index in [2.05, 4.69) is 104 Å². The molecule has 10 aromatic carbocycles. The number of nitrogens with one attached hydrogen (secondary N) is 5. The standard InChI is InChI=1S/C19H11ClF2N2O3.C19H10F4N2O3.2C19H11F3N2O3.C18H9Cl2F2N3O3/c20-14-6-2-1-4-13(14)18(25)24-16-9-8-11(10-23-16)12-5-3-7-15-17(12)27-19(21,22)26-15;20-12-4-2-5-13(21)16(12)18(26)25-15-8-7-10(9-24-15)11-3-1-6-14-17(11)28-19(22,23)27-14;2*20-14-6-2-1-4-13(14)18(25)24-16-9-8-11(10-23-16)12-5-3-7-15-17(12)27-19(21,22)26-15;19-11-4-2-1-3-9(11)17(26)25-16-8-23-13(7-24-16)10-5-14-15(6-12(10)20)28-18(21,22)27-14/h1-10H,(H,23,24,25);1-9H,(H,24,25,26);2*1-10H,(H,23,24,25);1-8H,(H,24,25,26). The molecule has 0 spiro atoms. The highest BCUT2D eigenvalue weighted by molar-refractivity contribution is 6.35. The van der Waals surface area contributed by atoms with Gasteiger partial charge in [-0.1, -0.05) is 138 Å². The van der Waals surface area contributed by atoms with Gasteiger partial charge in [-0.3, -0.25) is 29.0 Å². The van der Waals surface area contributed by atoms with Crippen LogP contribution in [0.1, 0.15) is 51.8 Å². The van der Waals surface area contributed by atoms with Gasteiger partial charge in [-0.2, -0.15) is 0 Å². The summed E-state index contributed by atoms with van der Waals surface area (Å²) in [6.07, 6.45) is -10.5. The summed E-state index contributed by atoms with van der Waals surface area (Å²) in [6, 6.07) is 59.9. The maximum Gasteiger partial charge on any atom is 0.586 e. The van der Waals surface area contributed by atoms with E-state index in [0.717, 1.165) is 18.2 Å². The van der Waals surface area contributed by atoms with E-state index >= 15 is 0 Å². The van der Waals surface area contributed by atoms with Crippen molar-refractivity contribution < 1.29 is 133 Å². The van der Waals surface area contributed by atoms with E-state index in [1.807, 2.05) is 0 Å². The Kier molecular flexibility index (Phi) is 26.4. The van der Waals surface area contributed by atoms with Gasteiger partial charge in [0.2, 0.25) is 0 Å². The third kappa shape index (κ3) is 21.9. The summed E-state index contributed by atoms with van der Waals surface area (Å²) < 4.78 is 232. The number of anilines is 5. The Hall–Kier alpha value is -16.9. The molecule has 5 aliphatic rings. The lowest BCUT2D eigenvalue weighted by Gasteiger charge is -2.09. The van der Waals surface area contributed by atoms with E-state index in [1.165, 1.54) is 146 Å². The maximum atomic E-state index is 13.7. The van der Waals surface area contributed by atoms with Crippen LogP contribution in [0.4, 0.5) is 90.6 Å². The number of rotatable bonds is 15. The molecule has 0 saturated heterocycles. The number of amides is 5. The van der Waals surface area contributed by atoms with Crippen LogP contribution >= 0.6 is 34.8 Å². The first-order valence-electron chi connectivity index (χ1n) is 39.3. The van der Waals surface area contributed by atoms with Crippen LogP contribution in [0.2, 0.25) is 15.1 Å². The zero-order valence-electron chi connectivity index (χ0n) is 68.4. The zero-order valence-corrected chi connectivity index (χ0v) is 70.6. The van der Waals surface area contributed by atoms with Gasteiger partial charge in [-0.15, -0.1) is 43.9 Å². The minimum Gasteiger partial charge on any atom is -0.395 e. The van der Waals surface area contributed by atoms with Crippen LogP contribution in [0.3, 0.4) is 0 Å². The fraction of sp³-hybridized carbons (Fsp3) is 0.0532. The number of hydrogen-bond donors (Lipinski definition) is 5. The maximum absolute atomic E-state index is 13.7. The third-order valence-corrected chi connectivity index (χ3v) is 20.3. The average molecular weight is 1950 g/mol. The summed E-state index contributed by atoms with van der Waals surface area (Å²) >= 11 is 18.1. The summed E-state index contributed by atoms with van der Waals surface area (Å²) in [5, 5.41) is 13.2. The number of benzene rings is 10. The van der Waals surface area contributed by atoms with Gasteiger partial charge < -0.3 is 74.0 Å². The number of ether oxygens (including phenoxy) is 10. The Morgan fingerprint density at radius 3 is 0.839 bits per heavy atom.